The van der Waals surface area contributed by atoms with Crippen molar-refractivity contribution >= 4 is 29.0 Å². The maximum absolute atomic E-state index is 11.4. The van der Waals surface area contributed by atoms with Crippen molar-refractivity contribution in [2.24, 2.45) is 5.73 Å². The minimum absolute atomic E-state index is 0.0624. The van der Waals surface area contributed by atoms with Crippen LogP contribution in [-0.4, -0.2) is 25.8 Å². The average Bonchev–Trinajstić information content (AvgIpc) is 2.43. The number of halogens is 2. The van der Waals surface area contributed by atoms with E-state index < -0.39 is 0 Å². The van der Waals surface area contributed by atoms with Crippen molar-refractivity contribution in [3.05, 3.63) is 28.3 Å². The molecule has 0 heterocycles. The fourth-order valence-electron chi connectivity index (χ4n) is 1.49. The summed E-state index contributed by atoms with van der Waals surface area (Å²) in [5.41, 5.74) is 6.86. The van der Waals surface area contributed by atoms with Gasteiger partial charge in [0, 0.05) is 11.4 Å². The van der Waals surface area contributed by atoms with Gasteiger partial charge in [0.05, 0.1) is 12.7 Å². The number of methoxy groups -OCH3 is 1. The maximum atomic E-state index is 11.4. The van der Waals surface area contributed by atoms with E-state index in [1.165, 1.54) is 20.4 Å². The van der Waals surface area contributed by atoms with E-state index in [9.17, 15) is 4.79 Å². The molecule has 0 amide bonds. The van der Waals surface area contributed by atoms with E-state index in [0.29, 0.717) is 29.3 Å². The Morgan fingerprint density at radius 1 is 1.32 bits per heavy atom. The largest absolute Gasteiger partial charge is 0.496 e. The number of ether oxygens (including phenoxy) is 1. The van der Waals surface area contributed by atoms with E-state index in [-0.39, 0.29) is 5.78 Å². The Bertz CT molecular complexity index is 382. The van der Waals surface area contributed by atoms with Gasteiger partial charge in [0.15, 0.2) is 5.78 Å². The molecule has 19 heavy (non-hydrogen) atoms. The van der Waals surface area contributed by atoms with Crippen LogP contribution in [0.15, 0.2) is 12.1 Å². The smallest absolute Gasteiger partial charge is 0.163 e. The molecule has 2 N–H and O–H groups in total. The lowest BCUT2D eigenvalue weighted by Crippen LogP contribution is -2.07. The van der Waals surface area contributed by atoms with Crippen molar-refractivity contribution in [3.8, 4) is 5.75 Å². The SMILES string of the molecule is CC.CCl.COc1c(CCN)cc(Cl)cc1C(C)=O. The summed E-state index contributed by atoms with van der Waals surface area (Å²) in [4.78, 5) is 11.4. The molecule has 1 aromatic carbocycles. The van der Waals surface area contributed by atoms with Gasteiger partial charge in [-0.3, -0.25) is 4.79 Å². The number of hydrogen-bond acceptors (Lipinski definition) is 3. The zero-order valence-electron chi connectivity index (χ0n) is 12.2. The first kappa shape index (κ1) is 20.5. The summed E-state index contributed by atoms with van der Waals surface area (Å²) in [7, 11) is 1.54. The van der Waals surface area contributed by atoms with Gasteiger partial charge < -0.3 is 10.5 Å². The molecule has 0 saturated heterocycles. The van der Waals surface area contributed by atoms with E-state index in [4.69, 9.17) is 22.1 Å². The standard InChI is InChI=1S/C11H14ClNO2.C2H6.CH3Cl/c1-7(14)10-6-9(12)5-8(3-4-13)11(10)15-2;2*1-2/h5-6H,3-4,13H2,1-2H3;1-2H3;1H3. The topological polar surface area (TPSA) is 52.3 Å². The first-order valence-corrected chi connectivity index (χ1v) is 7.18. The third kappa shape index (κ3) is 6.81. The number of hydrogen-bond donors (Lipinski definition) is 1. The highest BCUT2D eigenvalue weighted by Crippen LogP contribution is 2.28. The van der Waals surface area contributed by atoms with Crippen LogP contribution >= 0.6 is 23.2 Å². The molecule has 1 aromatic rings. The second kappa shape index (κ2) is 12.3. The zero-order chi connectivity index (χ0) is 15.4. The summed E-state index contributed by atoms with van der Waals surface area (Å²) in [6.45, 7) is 5.98. The summed E-state index contributed by atoms with van der Waals surface area (Å²) in [5, 5.41) is 0.532. The lowest BCUT2D eigenvalue weighted by atomic mass is 10.0. The fraction of sp³-hybridized carbons (Fsp3) is 0.500. The zero-order valence-corrected chi connectivity index (χ0v) is 13.7. The summed E-state index contributed by atoms with van der Waals surface area (Å²) in [6, 6.07) is 3.39. The molecule has 0 aliphatic carbocycles. The first-order chi connectivity index (χ1) is 9.10. The van der Waals surface area contributed by atoms with Gasteiger partial charge in [-0.15, -0.1) is 11.6 Å². The molecular weight excluding hydrogens is 285 g/mol. The third-order valence-electron chi connectivity index (χ3n) is 2.13. The average molecular weight is 308 g/mol. The highest BCUT2D eigenvalue weighted by atomic mass is 35.5. The Morgan fingerprint density at radius 2 is 1.84 bits per heavy atom. The minimum Gasteiger partial charge on any atom is -0.496 e. The Balaban J connectivity index is 0. The number of carbonyl (C=O) groups excluding carboxylic acids is 1. The molecule has 5 heteroatoms. The van der Waals surface area contributed by atoms with Crippen LogP contribution in [0, 0.1) is 0 Å². The highest BCUT2D eigenvalue weighted by Gasteiger charge is 2.13. The normalized spacial score (nSPS) is 8.63. The van der Waals surface area contributed by atoms with E-state index in [2.05, 4.69) is 11.6 Å². The van der Waals surface area contributed by atoms with Gasteiger partial charge in [-0.1, -0.05) is 25.4 Å². The summed E-state index contributed by atoms with van der Waals surface area (Å²) < 4.78 is 5.21. The van der Waals surface area contributed by atoms with Gasteiger partial charge in [0.25, 0.3) is 0 Å². The number of rotatable bonds is 4. The predicted molar refractivity (Wildman–Crippen MR) is 83.9 cm³/mol. The Morgan fingerprint density at radius 3 is 2.21 bits per heavy atom. The number of benzene rings is 1. The number of nitrogens with two attached hydrogens (primary N) is 1. The van der Waals surface area contributed by atoms with E-state index in [1.807, 2.05) is 13.8 Å². The molecular formula is C14H23Cl2NO2. The van der Waals surface area contributed by atoms with Crippen molar-refractivity contribution in [1.82, 2.24) is 0 Å². The van der Waals surface area contributed by atoms with E-state index in [0.717, 1.165) is 5.56 Å². The molecule has 3 nitrogen and oxygen atoms in total. The number of ketones is 1. The second-order valence-electron chi connectivity index (χ2n) is 3.24. The monoisotopic (exact) mass is 307 g/mol. The van der Waals surface area contributed by atoms with Crippen LogP contribution in [0.4, 0.5) is 0 Å². The van der Waals surface area contributed by atoms with Gasteiger partial charge in [-0.05, 0) is 37.6 Å². The molecule has 110 valence electrons. The van der Waals surface area contributed by atoms with Crippen molar-refractivity contribution in [1.29, 1.82) is 0 Å². The molecule has 0 bridgehead atoms. The predicted octanol–water partition coefficient (Wildman–Crippen LogP) is 3.93. The van der Waals surface area contributed by atoms with Crippen LogP contribution in [0.5, 0.6) is 5.75 Å². The molecule has 0 aliphatic rings. The Labute approximate surface area is 126 Å². The molecule has 0 atom stereocenters. The summed E-state index contributed by atoms with van der Waals surface area (Å²) in [5.74, 6) is 0.518. The molecule has 0 fully saturated rings. The maximum Gasteiger partial charge on any atom is 0.163 e. The molecule has 0 unspecified atom stereocenters. The molecule has 0 saturated carbocycles. The Hall–Kier alpha value is -0.770. The minimum atomic E-state index is -0.0624. The molecule has 0 aliphatic heterocycles. The molecule has 0 radical (unpaired) electrons. The van der Waals surface area contributed by atoms with Crippen molar-refractivity contribution in [2.75, 3.05) is 20.0 Å². The van der Waals surface area contributed by atoms with Crippen LogP contribution in [0.2, 0.25) is 5.02 Å². The van der Waals surface area contributed by atoms with Crippen molar-refractivity contribution < 1.29 is 9.53 Å². The number of alkyl halides is 1. The third-order valence-corrected chi connectivity index (χ3v) is 2.35. The van der Waals surface area contributed by atoms with Gasteiger partial charge in [0.1, 0.15) is 5.75 Å². The van der Waals surface area contributed by atoms with Crippen LogP contribution in [0.1, 0.15) is 36.7 Å². The lowest BCUT2D eigenvalue weighted by molar-refractivity contribution is 0.101. The number of Topliss-reactive ketones (excluding diaryl/α,β-unsaturated/α-hetero) is 1. The summed E-state index contributed by atoms with van der Waals surface area (Å²) in [6.07, 6.45) is 2.12. The van der Waals surface area contributed by atoms with Gasteiger partial charge in [0.2, 0.25) is 0 Å². The van der Waals surface area contributed by atoms with Crippen molar-refractivity contribution in [2.45, 2.75) is 27.2 Å². The van der Waals surface area contributed by atoms with Crippen LogP contribution < -0.4 is 10.5 Å². The number of carbonyl (C=O) groups is 1. The van der Waals surface area contributed by atoms with Crippen LogP contribution in [0.25, 0.3) is 0 Å². The Kier molecular flexibility index (Phi) is 13.3. The molecule has 1 rings (SSSR count). The van der Waals surface area contributed by atoms with Crippen LogP contribution in [0.3, 0.4) is 0 Å². The molecule has 0 aromatic heterocycles. The second-order valence-corrected chi connectivity index (χ2v) is 3.68. The van der Waals surface area contributed by atoms with Gasteiger partial charge in [-0.2, -0.15) is 0 Å². The van der Waals surface area contributed by atoms with E-state index >= 15 is 0 Å². The molecule has 0 spiro atoms. The van der Waals surface area contributed by atoms with Crippen molar-refractivity contribution in [3.63, 3.8) is 0 Å². The quantitative estimate of drug-likeness (QED) is 0.677. The van der Waals surface area contributed by atoms with Gasteiger partial charge in [-0.25, -0.2) is 0 Å². The van der Waals surface area contributed by atoms with Crippen LogP contribution in [-0.2, 0) is 6.42 Å². The fourth-order valence-corrected chi connectivity index (χ4v) is 1.73. The first-order valence-electron chi connectivity index (χ1n) is 6.05. The van der Waals surface area contributed by atoms with Gasteiger partial charge >= 0.3 is 0 Å². The highest BCUT2D eigenvalue weighted by molar-refractivity contribution is 6.31. The lowest BCUT2D eigenvalue weighted by Gasteiger charge is -2.12. The van der Waals surface area contributed by atoms with E-state index in [1.54, 1.807) is 12.1 Å². The summed E-state index contributed by atoms with van der Waals surface area (Å²) >= 11 is 10.5.